The standard InChI is InChI=1S/C24H24BrN3O3S2/c1-3-17-14(2)33-23(20(17)21(26)29)28-24(32)27-22(30)16-9-10-19(18(25)13-16)31-12-11-15-7-5-4-6-8-15/h4-10,13H,3,11-12H2,1-2H3,(H2,26,29)(H2,27,28,30,32). The maximum Gasteiger partial charge on any atom is 0.257 e. The molecule has 0 fully saturated rings. The van der Waals surface area contributed by atoms with E-state index in [-0.39, 0.29) is 11.0 Å². The van der Waals surface area contributed by atoms with Gasteiger partial charge in [-0.2, -0.15) is 0 Å². The molecule has 0 saturated carbocycles. The number of amides is 2. The van der Waals surface area contributed by atoms with E-state index in [1.54, 1.807) is 18.2 Å². The van der Waals surface area contributed by atoms with Gasteiger partial charge >= 0.3 is 0 Å². The Morgan fingerprint density at radius 1 is 1.18 bits per heavy atom. The number of nitrogens with two attached hydrogens (primary N) is 1. The molecule has 33 heavy (non-hydrogen) atoms. The van der Waals surface area contributed by atoms with Crippen LogP contribution in [0.5, 0.6) is 5.75 Å². The van der Waals surface area contributed by atoms with Crippen molar-refractivity contribution in [3.05, 3.63) is 80.1 Å². The maximum absolute atomic E-state index is 12.7. The second kappa shape index (κ2) is 11.4. The minimum Gasteiger partial charge on any atom is -0.492 e. The normalized spacial score (nSPS) is 10.5. The number of thiophene rings is 1. The lowest BCUT2D eigenvalue weighted by atomic mass is 10.1. The summed E-state index contributed by atoms with van der Waals surface area (Å²) < 4.78 is 6.50. The van der Waals surface area contributed by atoms with E-state index in [2.05, 4.69) is 38.7 Å². The number of thiocarbonyl (C=S) groups is 1. The van der Waals surface area contributed by atoms with Gasteiger partial charge in [-0.3, -0.25) is 14.9 Å². The average molecular weight is 547 g/mol. The van der Waals surface area contributed by atoms with Crippen molar-refractivity contribution in [1.82, 2.24) is 5.32 Å². The molecule has 6 nitrogen and oxygen atoms in total. The van der Waals surface area contributed by atoms with Crippen LogP contribution in [0.2, 0.25) is 0 Å². The molecule has 3 aromatic rings. The highest BCUT2D eigenvalue weighted by Gasteiger charge is 2.20. The molecule has 0 aliphatic rings. The van der Waals surface area contributed by atoms with Crippen LogP contribution in [0.15, 0.2) is 53.0 Å². The molecule has 4 N–H and O–H groups in total. The molecule has 1 heterocycles. The molecule has 172 valence electrons. The van der Waals surface area contributed by atoms with E-state index in [1.807, 2.05) is 32.0 Å². The molecule has 3 rings (SSSR count). The van der Waals surface area contributed by atoms with E-state index in [9.17, 15) is 9.59 Å². The number of halogens is 1. The molecular formula is C24H24BrN3O3S2. The predicted octanol–water partition coefficient (Wildman–Crippen LogP) is 5.23. The van der Waals surface area contributed by atoms with Gasteiger partial charge in [-0.05, 0) is 70.8 Å². The van der Waals surface area contributed by atoms with Crippen molar-refractivity contribution < 1.29 is 14.3 Å². The first-order valence-corrected chi connectivity index (χ1v) is 12.3. The lowest BCUT2D eigenvalue weighted by Gasteiger charge is -2.12. The number of rotatable bonds is 8. The van der Waals surface area contributed by atoms with Crippen LogP contribution in [0.25, 0.3) is 0 Å². The van der Waals surface area contributed by atoms with E-state index in [0.29, 0.717) is 39.4 Å². The first-order valence-electron chi connectivity index (χ1n) is 10.3. The van der Waals surface area contributed by atoms with Crippen LogP contribution in [0.4, 0.5) is 5.00 Å². The van der Waals surface area contributed by atoms with E-state index < -0.39 is 5.91 Å². The third-order valence-electron chi connectivity index (χ3n) is 4.95. The molecule has 0 aliphatic heterocycles. The molecule has 0 radical (unpaired) electrons. The van der Waals surface area contributed by atoms with Crippen molar-refractivity contribution in [3.8, 4) is 5.75 Å². The Bertz CT molecular complexity index is 1180. The van der Waals surface area contributed by atoms with Crippen LogP contribution in [-0.2, 0) is 12.8 Å². The highest BCUT2D eigenvalue weighted by atomic mass is 79.9. The average Bonchev–Trinajstić information content (AvgIpc) is 3.10. The molecule has 0 bridgehead atoms. The molecule has 0 aliphatic carbocycles. The zero-order valence-corrected chi connectivity index (χ0v) is 21.5. The van der Waals surface area contributed by atoms with Gasteiger partial charge in [0.25, 0.3) is 11.8 Å². The number of aryl methyl sites for hydroxylation is 1. The summed E-state index contributed by atoms with van der Waals surface area (Å²) in [6.07, 6.45) is 1.46. The third-order valence-corrected chi connectivity index (χ3v) is 6.83. The largest absolute Gasteiger partial charge is 0.492 e. The Hall–Kier alpha value is -2.75. The number of nitrogens with one attached hydrogen (secondary N) is 2. The Labute approximate surface area is 210 Å². The Balaban J connectivity index is 1.60. The molecule has 2 aromatic carbocycles. The molecule has 0 spiro atoms. The topological polar surface area (TPSA) is 93.4 Å². The summed E-state index contributed by atoms with van der Waals surface area (Å²) in [5.41, 5.74) is 8.45. The quantitative estimate of drug-likeness (QED) is 0.337. The number of primary amides is 1. The van der Waals surface area contributed by atoms with Crippen molar-refractivity contribution in [3.63, 3.8) is 0 Å². The van der Waals surface area contributed by atoms with Crippen molar-refractivity contribution in [1.29, 1.82) is 0 Å². The molecule has 9 heteroatoms. The Morgan fingerprint density at radius 3 is 2.55 bits per heavy atom. The van der Waals surface area contributed by atoms with E-state index in [0.717, 1.165) is 16.9 Å². The summed E-state index contributed by atoms with van der Waals surface area (Å²) in [4.78, 5) is 25.6. The number of hydrogen-bond donors (Lipinski definition) is 3. The smallest absolute Gasteiger partial charge is 0.257 e. The summed E-state index contributed by atoms with van der Waals surface area (Å²) >= 11 is 10.1. The number of anilines is 1. The number of ether oxygens (including phenoxy) is 1. The third kappa shape index (κ3) is 6.40. The van der Waals surface area contributed by atoms with Gasteiger partial charge < -0.3 is 15.8 Å². The Kier molecular flexibility index (Phi) is 8.60. The Morgan fingerprint density at radius 2 is 1.91 bits per heavy atom. The lowest BCUT2D eigenvalue weighted by molar-refractivity contribution is 0.0975. The summed E-state index contributed by atoms with van der Waals surface area (Å²) in [7, 11) is 0. The van der Waals surface area contributed by atoms with Crippen LogP contribution >= 0.6 is 39.5 Å². The maximum atomic E-state index is 12.7. The van der Waals surface area contributed by atoms with E-state index in [1.165, 1.54) is 16.9 Å². The number of carbonyl (C=O) groups is 2. The molecule has 0 atom stereocenters. The summed E-state index contributed by atoms with van der Waals surface area (Å²) in [6, 6.07) is 15.2. The monoisotopic (exact) mass is 545 g/mol. The van der Waals surface area contributed by atoms with Crippen molar-refractivity contribution in [2.24, 2.45) is 5.73 Å². The fraction of sp³-hybridized carbons (Fsp3) is 0.208. The van der Waals surface area contributed by atoms with Gasteiger partial charge in [0, 0.05) is 16.9 Å². The van der Waals surface area contributed by atoms with Crippen molar-refractivity contribution >= 4 is 61.4 Å². The minimum atomic E-state index is -0.528. The number of hydrogen-bond acceptors (Lipinski definition) is 5. The van der Waals surface area contributed by atoms with Gasteiger partial charge in [-0.25, -0.2) is 0 Å². The molecule has 2 amide bonds. The van der Waals surface area contributed by atoms with Gasteiger partial charge in [-0.1, -0.05) is 37.3 Å². The molecular weight excluding hydrogens is 522 g/mol. The fourth-order valence-corrected chi connectivity index (χ4v) is 5.25. The fourth-order valence-electron chi connectivity index (χ4n) is 3.35. The second-order valence-corrected chi connectivity index (χ2v) is 9.68. The zero-order valence-electron chi connectivity index (χ0n) is 18.2. The van der Waals surface area contributed by atoms with Gasteiger partial charge in [0.1, 0.15) is 10.8 Å². The number of benzene rings is 2. The first kappa shape index (κ1) is 24.9. The molecule has 0 unspecified atom stereocenters. The van der Waals surface area contributed by atoms with E-state index in [4.69, 9.17) is 22.7 Å². The van der Waals surface area contributed by atoms with Crippen molar-refractivity contribution in [2.75, 3.05) is 11.9 Å². The van der Waals surface area contributed by atoms with Gasteiger partial charge in [0.05, 0.1) is 16.6 Å². The SMILES string of the molecule is CCc1c(C)sc(NC(=S)NC(=O)c2ccc(OCCc3ccccc3)c(Br)c2)c1C(N)=O. The number of carbonyl (C=O) groups excluding carboxylic acids is 2. The van der Waals surface area contributed by atoms with Crippen LogP contribution < -0.4 is 21.1 Å². The van der Waals surface area contributed by atoms with Crippen molar-refractivity contribution in [2.45, 2.75) is 26.7 Å². The second-order valence-electron chi connectivity index (χ2n) is 7.20. The lowest BCUT2D eigenvalue weighted by Crippen LogP contribution is -2.34. The predicted molar refractivity (Wildman–Crippen MR) is 140 cm³/mol. The highest BCUT2D eigenvalue weighted by molar-refractivity contribution is 9.10. The van der Waals surface area contributed by atoms with Gasteiger partial charge in [0.2, 0.25) is 0 Å². The minimum absolute atomic E-state index is 0.0886. The van der Waals surface area contributed by atoms with Crippen LogP contribution in [0.1, 0.15) is 43.6 Å². The molecule has 0 saturated heterocycles. The van der Waals surface area contributed by atoms with Crippen LogP contribution in [-0.4, -0.2) is 23.5 Å². The summed E-state index contributed by atoms with van der Waals surface area (Å²) in [5, 5.41) is 6.20. The van der Waals surface area contributed by atoms with Gasteiger partial charge in [-0.15, -0.1) is 11.3 Å². The highest BCUT2D eigenvalue weighted by Crippen LogP contribution is 2.33. The zero-order chi connectivity index (χ0) is 24.0. The van der Waals surface area contributed by atoms with Gasteiger partial charge in [0.15, 0.2) is 5.11 Å². The first-order chi connectivity index (χ1) is 15.8. The van der Waals surface area contributed by atoms with Crippen LogP contribution in [0.3, 0.4) is 0 Å². The summed E-state index contributed by atoms with van der Waals surface area (Å²) in [6.45, 7) is 4.40. The summed E-state index contributed by atoms with van der Waals surface area (Å²) in [5.74, 6) is -0.260. The molecule has 1 aromatic heterocycles. The van der Waals surface area contributed by atoms with E-state index >= 15 is 0 Å². The van der Waals surface area contributed by atoms with Crippen LogP contribution in [0, 0.1) is 6.92 Å².